The second-order valence-electron chi connectivity index (χ2n) is 4.02. The third-order valence-electron chi connectivity index (χ3n) is 2.93. The van der Waals surface area contributed by atoms with Gasteiger partial charge in [0.05, 0.1) is 31.3 Å². The molecule has 0 aliphatic carbocycles. The van der Waals surface area contributed by atoms with Crippen LogP contribution in [0.3, 0.4) is 0 Å². The van der Waals surface area contributed by atoms with Crippen molar-refractivity contribution < 1.29 is 14.4 Å². The number of para-hydroxylation sites is 1. The molecule has 0 saturated carbocycles. The van der Waals surface area contributed by atoms with E-state index < -0.39 is 11.0 Å². The number of nitro groups is 1. The standard InChI is InChI=1S/C12H13N3O4/c1-18-11-4-2-3-10(12(11)15(16)17)14-5-6-19-9(7-13)8-14/h2-4,9H,5-6,8H2,1H3. The molecule has 0 bridgehead atoms. The third-order valence-corrected chi connectivity index (χ3v) is 2.93. The van der Waals surface area contributed by atoms with Gasteiger partial charge in [0.1, 0.15) is 5.69 Å². The summed E-state index contributed by atoms with van der Waals surface area (Å²) in [5, 5.41) is 20.1. The number of nitro benzene ring substituents is 1. The Kier molecular flexibility index (Phi) is 3.82. The van der Waals surface area contributed by atoms with E-state index in [9.17, 15) is 10.1 Å². The Labute approximate surface area is 110 Å². The van der Waals surface area contributed by atoms with Gasteiger partial charge in [-0.15, -0.1) is 0 Å². The zero-order chi connectivity index (χ0) is 13.8. The molecule has 1 fully saturated rings. The maximum Gasteiger partial charge on any atom is 0.333 e. The van der Waals surface area contributed by atoms with Gasteiger partial charge in [-0.25, -0.2) is 0 Å². The van der Waals surface area contributed by atoms with Crippen molar-refractivity contribution in [3.63, 3.8) is 0 Å². The molecule has 1 aliphatic heterocycles. The number of methoxy groups -OCH3 is 1. The highest BCUT2D eigenvalue weighted by Gasteiger charge is 2.28. The van der Waals surface area contributed by atoms with E-state index in [1.54, 1.807) is 23.1 Å². The molecule has 0 N–H and O–H groups in total. The van der Waals surface area contributed by atoms with Crippen LogP contribution in [0.2, 0.25) is 0 Å². The van der Waals surface area contributed by atoms with E-state index in [1.807, 2.05) is 6.07 Å². The number of ether oxygens (including phenoxy) is 2. The molecule has 7 heteroatoms. The molecular weight excluding hydrogens is 250 g/mol. The van der Waals surface area contributed by atoms with Gasteiger partial charge in [-0.3, -0.25) is 10.1 Å². The van der Waals surface area contributed by atoms with Crippen molar-refractivity contribution >= 4 is 11.4 Å². The van der Waals surface area contributed by atoms with Gasteiger partial charge in [-0.1, -0.05) is 6.07 Å². The average Bonchev–Trinajstić information content (AvgIpc) is 2.46. The van der Waals surface area contributed by atoms with Crippen molar-refractivity contribution in [2.45, 2.75) is 6.10 Å². The molecule has 19 heavy (non-hydrogen) atoms. The minimum absolute atomic E-state index is 0.0800. The first-order chi connectivity index (χ1) is 9.17. The van der Waals surface area contributed by atoms with E-state index in [1.165, 1.54) is 7.11 Å². The zero-order valence-electron chi connectivity index (χ0n) is 10.4. The molecular formula is C12H13N3O4. The van der Waals surface area contributed by atoms with E-state index in [-0.39, 0.29) is 11.4 Å². The smallest absolute Gasteiger partial charge is 0.333 e. The van der Waals surface area contributed by atoms with Crippen LogP contribution in [0.1, 0.15) is 0 Å². The van der Waals surface area contributed by atoms with Crippen LogP contribution in [0.25, 0.3) is 0 Å². The largest absolute Gasteiger partial charge is 0.490 e. The van der Waals surface area contributed by atoms with Gasteiger partial charge in [0.2, 0.25) is 0 Å². The van der Waals surface area contributed by atoms with Crippen LogP contribution in [0.4, 0.5) is 11.4 Å². The lowest BCUT2D eigenvalue weighted by molar-refractivity contribution is -0.385. The van der Waals surface area contributed by atoms with E-state index in [4.69, 9.17) is 14.7 Å². The monoisotopic (exact) mass is 263 g/mol. The first-order valence-corrected chi connectivity index (χ1v) is 5.75. The minimum atomic E-state index is -0.570. The summed E-state index contributed by atoms with van der Waals surface area (Å²) in [7, 11) is 1.39. The number of hydrogen-bond donors (Lipinski definition) is 0. The number of rotatable bonds is 3. The minimum Gasteiger partial charge on any atom is -0.490 e. The summed E-state index contributed by atoms with van der Waals surface area (Å²) < 4.78 is 10.3. The Bertz CT molecular complexity index is 526. The molecule has 0 amide bonds. The van der Waals surface area contributed by atoms with Gasteiger partial charge in [0, 0.05) is 6.54 Å². The quantitative estimate of drug-likeness (QED) is 0.603. The normalized spacial score (nSPS) is 18.7. The molecule has 1 unspecified atom stereocenters. The van der Waals surface area contributed by atoms with Crippen molar-refractivity contribution in [3.05, 3.63) is 28.3 Å². The van der Waals surface area contributed by atoms with Crippen molar-refractivity contribution in [1.82, 2.24) is 0 Å². The molecule has 1 atom stereocenters. The zero-order valence-corrected chi connectivity index (χ0v) is 10.4. The molecule has 7 nitrogen and oxygen atoms in total. The topological polar surface area (TPSA) is 88.6 Å². The second kappa shape index (κ2) is 5.54. The number of benzene rings is 1. The summed E-state index contributed by atoms with van der Waals surface area (Å²) >= 11 is 0. The summed E-state index contributed by atoms with van der Waals surface area (Å²) in [5.41, 5.74) is 0.372. The molecule has 1 saturated heterocycles. The summed E-state index contributed by atoms with van der Waals surface area (Å²) in [4.78, 5) is 12.5. The molecule has 1 aliphatic rings. The molecule has 0 aromatic heterocycles. The molecule has 1 aromatic carbocycles. The summed E-state index contributed by atoms with van der Waals surface area (Å²) in [6.07, 6.45) is -0.570. The van der Waals surface area contributed by atoms with Crippen LogP contribution in [-0.4, -0.2) is 37.8 Å². The molecule has 0 spiro atoms. The lowest BCUT2D eigenvalue weighted by atomic mass is 10.2. The molecule has 0 radical (unpaired) electrons. The first-order valence-electron chi connectivity index (χ1n) is 5.75. The molecule has 1 heterocycles. The summed E-state index contributed by atoms with van der Waals surface area (Å²) in [6.45, 7) is 1.18. The highest BCUT2D eigenvalue weighted by atomic mass is 16.6. The lowest BCUT2D eigenvalue weighted by Crippen LogP contribution is -2.42. The average molecular weight is 263 g/mol. The highest BCUT2D eigenvalue weighted by molar-refractivity contribution is 5.70. The van der Waals surface area contributed by atoms with E-state index >= 15 is 0 Å². The summed E-state index contributed by atoms with van der Waals surface area (Å²) in [6, 6.07) is 6.91. The summed E-state index contributed by atoms with van der Waals surface area (Å²) in [5.74, 6) is 0.211. The number of nitrogens with zero attached hydrogens (tertiary/aromatic N) is 3. The van der Waals surface area contributed by atoms with Crippen molar-refractivity contribution in [2.75, 3.05) is 31.7 Å². The number of morpholine rings is 1. The fraction of sp³-hybridized carbons (Fsp3) is 0.417. The third kappa shape index (κ3) is 2.58. The SMILES string of the molecule is COc1cccc(N2CCOC(C#N)C2)c1[N+](=O)[O-]. The van der Waals surface area contributed by atoms with Crippen LogP contribution in [0.15, 0.2) is 18.2 Å². The van der Waals surface area contributed by atoms with Gasteiger partial charge in [0.15, 0.2) is 11.9 Å². The first kappa shape index (κ1) is 13.1. The number of hydrogen-bond acceptors (Lipinski definition) is 6. The number of anilines is 1. The van der Waals surface area contributed by atoms with Crippen molar-refractivity contribution in [2.24, 2.45) is 0 Å². The molecule has 100 valence electrons. The Balaban J connectivity index is 2.39. The van der Waals surface area contributed by atoms with Crippen LogP contribution in [0.5, 0.6) is 5.75 Å². The second-order valence-corrected chi connectivity index (χ2v) is 4.02. The maximum absolute atomic E-state index is 11.2. The van der Waals surface area contributed by atoms with Gasteiger partial charge in [-0.05, 0) is 12.1 Å². The van der Waals surface area contributed by atoms with E-state index in [0.717, 1.165) is 0 Å². The van der Waals surface area contributed by atoms with Crippen molar-refractivity contribution in [1.29, 1.82) is 5.26 Å². The predicted octanol–water partition coefficient (Wildman–Crippen LogP) is 1.33. The van der Waals surface area contributed by atoms with E-state index in [2.05, 4.69) is 0 Å². The van der Waals surface area contributed by atoms with Gasteiger partial charge in [0.25, 0.3) is 0 Å². The Morgan fingerprint density at radius 1 is 1.63 bits per heavy atom. The lowest BCUT2D eigenvalue weighted by Gasteiger charge is -2.31. The van der Waals surface area contributed by atoms with Crippen LogP contribution in [0, 0.1) is 21.4 Å². The van der Waals surface area contributed by atoms with Gasteiger partial charge < -0.3 is 14.4 Å². The van der Waals surface area contributed by atoms with Gasteiger partial charge in [-0.2, -0.15) is 5.26 Å². The fourth-order valence-corrected chi connectivity index (χ4v) is 2.06. The maximum atomic E-state index is 11.2. The highest BCUT2D eigenvalue weighted by Crippen LogP contribution is 2.37. The van der Waals surface area contributed by atoms with Crippen LogP contribution in [-0.2, 0) is 4.74 Å². The van der Waals surface area contributed by atoms with Crippen LogP contribution >= 0.6 is 0 Å². The fourth-order valence-electron chi connectivity index (χ4n) is 2.06. The number of nitriles is 1. The van der Waals surface area contributed by atoms with Gasteiger partial charge >= 0.3 is 5.69 Å². The Hall–Kier alpha value is -2.33. The van der Waals surface area contributed by atoms with E-state index in [0.29, 0.717) is 25.4 Å². The van der Waals surface area contributed by atoms with Crippen LogP contribution < -0.4 is 9.64 Å². The Morgan fingerprint density at radius 3 is 3.05 bits per heavy atom. The Morgan fingerprint density at radius 2 is 2.42 bits per heavy atom. The molecule has 2 rings (SSSR count). The predicted molar refractivity (Wildman–Crippen MR) is 67.2 cm³/mol. The van der Waals surface area contributed by atoms with Crippen molar-refractivity contribution in [3.8, 4) is 11.8 Å². The molecule has 1 aromatic rings.